The number of rotatable bonds is 10. The fourth-order valence-corrected chi connectivity index (χ4v) is 5.97. The SMILES string of the molecule is Cc1ccc2c(NS(=O)(=O)CCC(C)(F)F)c(F)ccc2c1Oc1ncccc1-c1ccnc(N[C@@H]2CCCNC2)n1. The van der Waals surface area contributed by atoms with Gasteiger partial charge in [-0.1, -0.05) is 12.1 Å². The van der Waals surface area contributed by atoms with Gasteiger partial charge in [0.2, 0.25) is 27.8 Å². The summed E-state index contributed by atoms with van der Waals surface area (Å²) in [6.45, 7) is 4.23. The maximum absolute atomic E-state index is 14.9. The summed E-state index contributed by atoms with van der Waals surface area (Å²) < 4.78 is 75.1. The molecule has 0 aliphatic carbocycles. The minimum absolute atomic E-state index is 0.203. The highest BCUT2D eigenvalue weighted by Gasteiger charge is 2.26. The molecule has 0 saturated carbocycles. The molecule has 0 unspecified atom stereocenters. The molecule has 222 valence electrons. The van der Waals surface area contributed by atoms with Gasteiger partial charge in [0.25, 0.3) is 0 Å². The van der Waals surface area contributed by atoms with E-state index in [1.165, 1.54) is 6.07 Å². The molecule has 3 heterocycles. The third kappa shape index (κ3) is 7.08. The van der Waals surface area contributed by atoms with Crippen LogP contribution in [0.15, 0.2) is 54.9 Å². The molecule has 2 aromatic heterocycles. The van der Waals surface area contributed by atoms with Crippen molar-refractivity contribution < 1.29 is 26.3 Å². The average molecular weight is 601 g/mol. The fraction of sp³-hybridized carbons (Fsp3) is 0.345. The first kappa shape index (κ1) is 29.5. The van der Waals surface area contributed by atoms with E-state index in [4.69, 9.17) is 4.74 Å². The van der Waals surface area contributed by atoms with E-state index >= 15 is 0 Å². The Bertz CT molecular complexity index is 1690. The number of benzene rings is 2. The Balaban J connectivity index is 1.48. The van der Waals surface area contributed by atoms with Crippen molar-refractivity contribution in [2.45, 2.75) is 45.1 Å². The number of pyridine rings is 1. The lowest BCUT2D eigenvalue weighted by atomic mass is 10.0. The lowest BCUT2D eigenvalue weighted by Crippen LogP contribution is -2.38. The number of hydrogen-bond acceptors (Lipinski definition) is 8. The first-order valence-electron chi connectivity index (χ1n) is 13.5. The summed E-state index contributed by atoms with van der Waals surface area (Å²) in [6, 6.07) is 11.3. The molecular weight excluding hydrogens is 569 g/mol. The van der Waals surface area contributed by atoms with E-state index in [1.807, 2.05) is 0 Å². The van der Waals surface area contributed by atoms with Crippen molar-refractivity contribution in [1.29, 1.82) is 0 Å². The minimum Gasteiger partial charge on any atom is -0.437 e. The number of aromatic nitrogens is 3. The van der Waals surface area contributed by atoms with Gasteiger partial charge in [-0.15, -0.1) is 0 Å². The molecule has 5 rings (SSSR count). The number of nitrogens with zero attached hydrogens (tertiary/aromatic N) is 3. The highest BCUT2D eigenvalue weighted by atomic mass is 32.2. The molecule has 1 fully saturated rings. The summed E-state index contributed by atoms with van der Waals surface area (Å²) in [5.74, 6) is -3.87. The molecule has 3 N–H and O–H groups in total. The number of hydrogen-bond donors (Lipinski definition) is 3. The van der Waals surface area contributed by atoms with Crippen molar-refractivity contribution in [3.05, 3.63) is 66.2 Å². The van der Waals surface area contributed by atoms with Crippen LogP contribution in [0.5, 0.6) is 11.6 Å². The molecular formula is C29H31F3N6O3S. The third-order valence-corrected chi connectivity index (χ3v) is 8.15. The van der Waals surface area contributed by atoms with Crippen LogP contribution in [0.25, 0.3) is 22.0 Å². The van der Waals surface area contributed by atoms with Gasteiger partial charge in [-0.05, 0) is 69.1 Å². The number of piperidine rings is 1. The number of ether oxygens (including phenoxy) is 1. The largest absolute Gasteiger partial charge is 0.437 e. The summed E-state index contributed by atoms with van der Waals surface area (Å²) in [5.41, 5.74) is 1.50. The molecule has 13 heteroatoms. The van der Waals surface area contributed by atoms with Gasteiger partial charge in [0, 0.05) is 42.2 Å². The van der Waals surface area contributed by atoms with Crippen LogP contribution in [0.4, 0.5) is 24.8 Å². The van der Waals surface area contributed by atoms with Crippen LogP contribution in [-0.2, 0) is 10.0 Å². The number of alkyl halides is 2. The van der Waals surface area contributed by atoms with Crippen molar-refractivity contribution in [3.8, 4) is 22.9 Å². The summed E-state index contributed by atoms with van der Waals surface area (Å²) >= 11 is 0. The molecule has 42 heavy (non-hydrogen) atoms. The Hall–Kier alpha value is -3.97. The summed E-state index contributed by atoms with van der Waals surface area (Å²) in [4.78, 5) is 13.5. The predicted molar refractivity (Wildman–Crippen MR) is 156 cm³/mol. The van der Waals surface area contributed by atoms with E-state index in [0.29, 0.717) is 40.8 Å². The highest BCUT2D eigenvalue weighted by molar-refractivity contribution is 7.92. The van der Waals surface area contributed by atoms with Gasteiger partial charge in [-0.2, -0.15) is 0 Å². The minimum atomic E-state index is -4.27. The zero-order chi connectivity index (χ0) is 29.9. The van der Waals surface area contributed by atoms with Crippen LogP contribution < -0.4 is 20.1 Å². The van der Waals surface area contributed by atoms with Crippen LogP contribution in [-0.4, -0.2) is 54.2 Å². The molecule has 1 aliphatic rings. The summed E-state index contributed by atoms with van der Waals surface area (Å²) in [5, 5.41) is 7.32. The number of fused-ring (bicyclic) bond motifs is 1. The second kappa shape index (κ2) is 12.1. The van der Waals surface area contributed by atoms with Gasteiger partial charge in [-0.25, -0.2) is 36.5 Å². The Kier molecular flexibility index (Phi) is 8.50. The van der Waals surface area contributed by atoms with Crippen LogP contribution in [0.3, 0.4) is 0 Å². The van der Waals surface area contributed by atoms with E-state index in [0.717, 1.165) is 32.0 Å². The van der Waals surface area contributed by atoms with Crippen molar-refractivity contribution in [3.63, 3.8) is 0 Å². The summed E-state index contributed by atoms with van der Waals surface area (Å²) in [6.07, 6.45) is 4.38. The number of anilines is 2. The van der Waals surface area contributed by atoms with E-state index < -0.39 is 33.9 Å². The van der Waals surface area contributed by atoms with Crippen LogP contribution in [0.1, 0.15) is 31.7 Å². The monoisotopic (exact) mass is 600 g/mol. The van der Waals surface area contributed by atoms with E-state index in [9.17, 15) is 21.6 Å². The Morgan fingerprint density at radius 1 is 1.10 bits per heavy atom. The van der Waals surface area contributed by atoms with Gasteiger partial charge in [0.15, 0.2) is 0 Å². The normalized spacial score (nSPS) is 15.9. The van der Waals surface area contributed by atoms with Gasteiger partial charge in [0.05, 0.1) is 22.7 Å². The Morgan fingerprint density at radius 2 is 1.90 bits per heavy atom. The van der Waals surface area contributed by atoms with Crippen LogP contribution in [0.2, 0.25) is 0 Å². The quantitative estimate of drug-likeness (QED) is 0.207. The zero-order valence-electron chi connectivity index (χ0n) is 23.1. The van der Waals surface area contributed by atoms with Crippen LogP contribution in [0, 0.1) is 12.7 Å². The van der Waals surface area contributed by atoms with Crippen LogP contribution >= 0.6 is 0 Å². The maximum atomic E-state index is 14.9. The predicted octanol–water partition coefficient (Wildman–Crippen LogP) is 5.88. The molecule has 9 nitrogen and oxygen atoms in total. The molecule has 0 spiro atoms. The smallest absolute Gasteiger partial charge is 0.246 e. The van der Waals surface area contributed by atoms with E-state index in [1.54, 1.807) is 49.6 Å². The molecule has 2 aromatic carbocycles. The standard InChI is InChI=1S/C29H31F3N6O3S/c1-18-7-8-20-21(9-10-23(30)25(20)38-42(39,40)16-12-29(2,31)32)26(18)41-27-22(6-4-14-34-27)24-11-15-35-28(37-24)36-19-5-3-13-33-17-19/h4,6-11,14-15,19,33,38H,3,5,12-13,16-17H2,1-2H3,(H,35,36,37)/t19-/m1/s1. The number of sulfonamides is 1. The summed E-state index contributed by atoms with van der Waals surface area (Å²) in [7, 11) is -4.27. The van der Waals surface area contributed by atoms with Crippen molar-refractivity contribution >= 4 is 32.4 Å². The third-order valence-electron chi connectivity index (χ3n) is 6.90. The second-order valence-corrected chi connectivity index (χ2v) is 12.2. The molecule has 1 aliphatic heterocycles. The molecule has 0 bridgehead atoms. The zero-order valence-corrected chi connectivity index (χ0v) is 23.9. The molecule has 0 amide bonds. The van der Waals surface area contributed by atoms with Gasteiger partial charge in [-0.3, -0.25) is 4.72 Å². The first-order valence-corrected chi connectivity index (χ1v) is 15.2. The number of nitrogens with one attached hydrogen (secondary N) is 3. The highest BCUT2D eigenvalue weighted by Crippen LogP contribution is 2.39. The van der Waals surface area contributed by atoms with Gasteiger partial charge < -0.3 is 15.4 Å². The van der Waals surface area contributed by atoms with E-state index in [-0.39, 0.29) is 23.0 Å². The van der Waals surface area contributed by atoms with Crippen molar-refractivity contribution in [2.24, 2.45) is 0 Å². The fourth-order valence-electron chi connectivity index (χ4n) is 4.72. The van der Waals surface area contributed by atoms with Gasteiger partial charge >= 0.3 is 0 Å². The first-order chi connectivity index (χ1) is 20.0. The number of aryl methyl sites for hydroxylation is 1. The maximum Gasteiger partial charge on any atom is 0.246 e. The molecule has 0 radical (unpaired) electrons. The van der Waals surface area contributed by atoms with Gasteiger partial charge in [0.1, 0.15) is 11.6 Å². The Labute approximate surface area is 242 Å². The molecule has 1 atom stereocenters. The average Bonchev–Trinajstić information content (AvgIpc) is 2.95. The van der Waals surface area contributed by atoms with E-state index in [2.05, 4.69) is 30.3 Å². The molecule has 4 aromatic rings. The molecule has 1 saturated heterocycles. The second-order valence-electron chi connectivity index (χ2n) is 10.4. The number of halogens is 3. The Morgan fingerprint density at radius 3 is 2.67 bits per heavy atom. The van der Waals surface area contributed by atoms with Crippen molar-refractivity contribution in [1.82, 2.24) is 20.3 Å². The van der Waals surface area contributed by atoms with Crippen molar-refractivity contribution in [2.75, 3.05) is 28.9 Å². The lowest BCUT2D eigenvalue weighted by molar-refractivity contribution is 0.0189. The lowest BCUT2D eigenvalue weighted by Gasteiger charge is -2.23. The topological polar surface area (TPSA) is 118 Å².